The number of rotatable bonds is 5. The fraction of sp³-hybridized carbons (Fsp3) is 0.875. The van der Waals surface area contributed by atoms with E-state index < -0.39 is 12.1 Å². The lowest BCUT2D eigenvalue weighted by Crippen LogP contribution is -2.18. The quantitative estimate of drug-likeness (QED) is 0.578. The van der Waals surface area contributed by atoms with Gasteiger partial charge in [-0.2, -0.15) is 0 Å². The largest absolute Gasteiger partial charge is 0.464 e. The van der Waals surface area contributed by atoms with E-state index in [0.29, 0.717) is 0 Å². The highest BCUT2D eigenvalue weighted by atomic mass is 19.1. The zero-order valence-corrected chi connectivity index (χ0v) is 7.10. The van der Waals surface area contributed by atoms with Crippen LogP contribution in [0.15, 0.2) is 0 Å². The first-order valence-electron chi connectivity index (χ1n) is 4.03. The van der Waals surface area contributed by atoms with Crippen LogP contribution in [0.5, 0.6) is 0 Å². The molecule has 0 N–H and O–H groups in total. The van der Waals surface area contributed by atoms with Crippen molar-refractivity contribution in [3.05, 3.63) is 0 Å². The summed E-state index contributed by atoms with van der Waals surface area (Å²) in [5.41, 5.74) is 0. The molecule has 0 fully saturated rings. The van der Waals surface area contributed by atoms with E-state index in [1.165, 1.54) is 0 Å². The topological polar surface area (TPSA) is 26.3 Å². The summed E-state index contributed by atoms with van der Waals surface area (Å²) in [5, 5.41) is 0. The summed E-state index contributed by atoms with van der Waals surface area (Å²) in [4.78, 5) is 10.7. The normalized spacial score (nSPS) is 12.6. The van der Waals surface area contributed by atoms with Gasteiger partial charge in [0.25, 0.3) is 0 Å². The summed E-state index contributed by atoms with van der Waals surface area (Å²) in [6.07, 6.45) is 0.504. The van der Waals surface area contributed by atoms with Crippen molar-refractivity contribution in [3.63, 3.8) is 0 Å². The Bertz CT molecular complexity index is 115. The molecule has 3 heteroatoms. The van der Waals surface area contributed by atoms with Crippen LogP contribution in [0.1, 0.15) is 33.1 Å². The predicted octanol–water partition coefficient (Wildman–Crippen LogP) is 2.08. The molecule has 0 aromatic rings. The fourth-order valence-electron chi connectivity index (χ4n) is 0.734. The third-order valence-corrected chi connectivity index (χ3v) is 1.35. The smallest absolute Gasteiger partial charge is 0.340 e. The Balaban J connectivity index is 3.46. The van der Waals surface area contributed by atoms with Crippen LogP contribution >= 0.6 is 0 Å². The number of carbonyl (C=O) groups is 1. The van der Waals surface area contributed by atoms with Crippen molar-refractivity contribution in [1.29, 1.82) is 0 Å². The molecule has 0 aromatic carbocycles. The van der Waals surface area contributed by atoms with Gasteiger partial charge in [-0.1, -0.05) is 19.8 Å². The Morgan fingerprint density at radius 1 is 1.55 bits per heavy atom. The summed E-state index contributed by atoms with van der Waals surface area (Å²) < 4.78 is 17.2. The molecule has 2 nitrogen and oxygen atoms in total. The lowest BCUT2D eigenvalue weighted by atomic mass is 10.2. The van der Waals surface area contributed by atoms with Crippen molar-refractivity contribution in [1.82, 2.24) is 0 Å². The predicted molar refractivity (Wildman–Crippen MR) is 41.1 cm³/mol. The van der Waals surface area contributed by atoms with E-state index in [-0.39, 0.29) is 13.0 Å². The molecule has 0 aliphatic heterocycles. The van der Waals surface area contributed by atoms with Crippen molar-refractivity contribution in [2.24, 2.45) is 0 Å². The van der Waals surface area contributed by atoms with Gasteiger partial charge in [-0.05, 0) is 13.3 Å². The van der Waals surface area contributed by atoms with Gasteiger partial charge in [-0.3, -0.25) is 0 Å². The first-order valence-corrected chi connectivity index (χ1v) is 4.03. The molecular formula is C8H15FO2. The van der Waals surface area contributed by atoms with Crippen molar-refractivity contribution >= 4 is 5.97 Å². The highest BCUT2D eigenvalue weighted by Gasteiger charge is 2.16. The van der Waals surface area contributed by atoms with Crippen LogP contribution in [0.4, 0.5) is 4.39 Å². The van der Waals surface area contributed by atoms with E-state index in [0.717, 1.165) is 12.8 Å². The van der Waals surface area contributed by atoms with Gasteiger partial charge in [-0.25, -0.2) is 9.18 Å². The van der Waals surface area contributed by atoms with Gasteiger partial charge in [0.15, 0.2) is 6.17 Å². The molecular weight excluding hydrogens is 147 g/mol. The molecule has 1 atom stereocenters. The third-order valence-electron chi connectivity index (χ3n) is 1.35. The van der Waals surface area contributed by atoms with Crippen LogP contribution in [0, 0.1) is 0 Å². The van der Waals surface area contributed by atoms with Gasteiger partial charge < -0.3 is 4.74 Å². The van der Waals surface area contributed by atoms with Crippen LogP contribution in [-0.2, 0) is 9.53 Å². The highest BCUT2D eigenvalue weighted by molar-refractivity contribution is 5.74. The van der Waals surface area contributed by atoms with Gasteiger partial charge in [0.1, 0.15) is 0 Å². The Morgan fingerprint density at radius 3 is 2.64 bits per heavy atom. The second-order valence-electron chi connectivity index (χ2n) is 2.36. The summed E-state index contributed by atoms with van der Waals surface area (Å²) in [6.45, 7) is 3.88. The Morgan fingerprint density at radius 2 is 2.18 bits per heavy atom. The molecule has 66 valence electrons. The first kappa shape index (κ1) is 10.4. The zero-order valence-electron chi connectivity index (χ0n) is 7.10. The monoisotopic (exact) mass is 162 g/mol. The molecule has 0 bridgehead atoms. The van der Waals surface area contributed by atoms with Gasteiger partial charge in [0.2, 0.25) is 0 Å². The maximum atomic E-state index is 12.7. The van der Waals surface area contributed by atoms with E-state index in [4.69, 9.17) is 0 Å². The van der Waals surface area contributed by atoms with E-state index in [9.17, 15) is 9.18 Å². The lowest BCUT2D eigenvalue weighted by Gasteiger charge is -2.05. The standard InChI is InChI=1S/C8H15FO2/c1-3-5-6-7(9)8(10)11-4-2/h7H,3-6H2,1-2H3/t7-/m1/s1. The minimum absolute atomic E-state index is 0.255. The van der Waals surface area contributed by atoms with Crippen LogP contribution in [-0.4, -0.2) is 18.7 Å². The third kappa shape index (κ3) is 4.76. The second-order valence-corrected chi connectivity index (χ2v) is 2.36. The van der Waals surface area contributed by atoms with Crippen LogP contribution < -0.4 is 0 Å². The Hall–Kier alpha value is -0.600. The summed E-state index contributed by atoms with van der Waals surface area (Å²) in [6, 6.07) is 0. The molecule has 11 heavy (non-hydrogen) atoms. The highest BCUT2D eigenvalue weighted by Crippen LogP contribution is 2.05. The molecule has 0 amide bonds. The number of hydrogen-bond acceptors (Lipinski definition) is 2. The maximum Gasteiger partial charge on any atom is 0.340 e. The van der Waals surface area contributed by atoms with Gasteiger partial charge in [0, 0.05) is 0 Å². The molecule has 0 spiro atoms. The number of unbranched alkanes of at least 4 members (excludes halogenated alkanes) is 1. The average Bonchev–Trinajstić information content (AvgIpc) is 2.00. The number of alkyl halides is 1. The van der Waals surface area contributed by atoms with E-state index in [1.54, 1.807) is 6.92 Å². The van der Waals surface area contributed by atoms with Crippen molar-refractivity contribution in [3.8, 4) is 0 Å². The molecule has 0 rings (SSSR count). The summed E-state index contributed by atoms with van der Waals surface area (Å²) in [7, 11) is 0. The van der Waals surface area contributed by atoms with Gasteiger partial charge >= 0.3 is 5.97 Å². The molecule has 0 unspecified atom stereocenters. The molecule has 0 saturated carbocycles. The second kappa shape index (κ2) is 6.13. The SMILES string of the molecule is CCCC[C@@H](F)C(=O)OCC. The Kier molecular flexibility index (Phi) is 5.80. The van der Waals surface area contributed by atoms with Crippen molar-refractivity contribution < 1.29 is 13.9 Å². The number of carbonyl (C=O) groups excluding carboxylic acids is 1. The minimum Gasteiger partial charge on any atom is -0.464 e. The number of ether oxygens (including phenoxy) is 1. The number of esters is 1. The van der Waals surface area contributed by atoms with Crippen LogP contribution in [0.3, 0.4) is 0 Å². The fourth-order valence-corrected chi connectivity index (χ4v) is 0.734. The molecule has 0 aliphatic rings. The van der Waals surface area contributed by atoms with Crippen LogP contribution in [0.25, 0.3) is 0 Å². The van der Waals surface area contributed by atoms with E-state index in [2.05, 4.69) is 4.74 Å². The molecule has 0 saturated heterocycles. The van der Waals surface area contributed by atoms with E-state index >= 15 is 0 Å². The summed E-state index contributed by atoms with van der Waals surface area (Å²) in [5.74, 6) is -0.721. The van der Waals surface area contributed by atoms with Crippen molar-refractivity contribution in [2.75, 3.05) is 6.61 Å². The first-order chi connectivity index (χ1) is 5.22. The lowest BCUT2D eigenvalue weighted by molar-refractivity contribution is -0.149. The van der Waals surface area contributed by atoms with Crippen LogP contribution in [0.2, 0.25) is 0 Å². The molecule has 0 aliphatic carbocycles. The number of halogens is 1. The van der Waals surface area contributed by atoms with Gasteiger partial charge in [-0.15, -0.1) is 0 Å². The molecule has 0 aromatic heterocycles. The van der Waals surface area contributed by atoms with Crippen molar-refractivity contribution in [2.45, 2.75) is 39.3 Å². The summed E-state index contributed by atoms with van der Waals surface area (Å²) >= 11 is 0. The minimum atomic E-state index is -1.42. The maximum absolute atomic E-state index is 12.7. The molecule has 0 heterocycles. The number of hydrogen-bond donors (Lipinski definition) is 0. The van der Waals surface area contributed by atoms with E-state index in [1.807, 2.05) is 6.92 Å². The molecule has 0 radical (unpaired) electrons. The zero-order chi connectivity index (χ0) is 8.69. The Labute approximate surface area is 66.7 Å². The average molecular weight is 162 g/mol. The van der Waals surface area contributed by atoms with Gasteiger partial charge in [0.05, 0.1) is 6.61 Å².